The Kier molecular flexibility index (Phi) is 7.32. The molecule has 0 bridgehead atoms. The Balaban J connectivity index is 1.11. The number of hydrogen-bond donors (Lipinski definition) is 0. The number of benzene rings is 7. The molecule has 1 aliphatic carbocycles. The molecule has 0 N–H and O–H groups in total. The molecule has 0 radical (unpaired) electrons. The van der Waals surface area contributed by atoms with Gasteiger partial charge in [0.2, 0.25) is 0 Å². The fourth-order valence-corrected chi connectivity index (χ4v) is 8.57. The third kappa shape index (κ3) is 5.02. The summed E-state index contributed by atoms with van der Waals surface area (Å²) in [4.78, 5) is 19.4. The van der Waals surface area contributed by atoms with Crippen LogP contribution in [0.1, 0.15) is 22.3 Å². The lowest BCUT2D eigenvalue weighted by Gasteiger charge is -2.39. The number of pyridine rings is 1. The highest BCUT2D eigenvalue weighted by Gasteiger charge is 2.51. The second-order valence-corrected chi connectivity index (χ2v) is 14.2. The van der Waals surface area contributed by atoms with Crippen molar-refractivity contribution < 1.29 is 4.74 Å². The lowest BCUT2D eigenvalue weighted by molar-refractivity contribution is 0.436. The first kappa shape index (κ1) is 32.0. The van der Waals surface area contributed by atoms with Crippen molar-refractivity contribution in [1.82, 2.24) is 19.9 Å². The third-order valence-electron chi connectivity index (χ3n) is 11.1. The fraction of sp³-hybridized carbons (Fsp3) is 0.0196. The highest BCUT2D eigenvalue weighted by Crippen LogP contribution is 2.62. The second kappa shape index (κ2) is 12.8. The van der Waals surface area contributed by atoms with Gasteiger partial charge in [-0.25, -0.2) is 15.0 Å². The van der Waals surface area contributed by atoms with E-state index in [1.54, 1.807) is 0 Å². The van der Waals surface area contributed by atoms with E-state index in [0.717, 1.165) is 61.6 Å². The Hall–Kier alpha value is -7.50. The number of para-hydroxylation sites is 2. The number of nitrogens with zero attached hydrogens (tertiary/aromatic N) is 4. The van der Waals surface area contributed by atoms with Gasteiger partial charge in [0, 0.05) is 40.2 Å². The quantitative estimate of drug-likeness (QED) is 0.177. The normalized spacial score (nSPS) is 12.9. The lowest BCUT2D eigenvalue weighted by Crippen LogP contribution is -2.32. The van der Waals surface area contributed by atoms with E-state index in [-0.39, 0.29) is 0 Å². The molecule has 5 nitrogen and oxygen atoms in total. The standard InChI is InChI=1S/C51H32N4O/c1-3-13-33(14-4-1)48-53-49(34-15-5-2-6-16-34)55-50(54-48)38-18-11-17-35(29-38)36-24-26-40-41-27-25-37(39-19-12-28-52-32-39)31-45(41)51(44(40)30-36)42-20-7-9-22-46(42)56-47-23-10-8-21-43(47)51/h1-32H. The number of fused-ring (bicyclic) bond motifs is 9. The van der Waals surface area contributed by atoms with E-state index < -0.39 is 5.41 Å². The van der Waals surface area contributed by atoms with Gasteiger partial charge in [0.25, 0.3) is 0 Å². The summed E-state index contributed by atoms with van der Waals surface area (Å²) in [5.74, 6) is 3.63. The predicted molar refractivity (Wildman–Crippen MR) is 222 cm³/mol. The van der Waals surface area contributed by atoms with Crippen molar-refractivity contribution in [3.8, 4) is 79.0 Å². The van der Waals surface area contributed by atoms with Crippen molar-refractivity contribution in [3.63, 3.8) is 0 Å². The largest absolute Gasteiger partial charge is 0.457 e. The van der Waals surface area contributed by atoms with Crippen molar-refractivity contribution in [2.24, 2.45) is 0 Å². The average Bonchev–Trinajstić information content (AvgIpc) is 3.56. The van der Waals surface area contributed by atoms with Crippen molar-refractivity contribution in [2.75, 3.05) is 0 Å². The molecule has 0 fully saturated rings. The molecule has 3 heterocycles. The van der Waals surface area contributed by atoms with Gasteiger partial charge in [-0.1, -0.05) is 146 Å². The van der Waals surface area contributed by atoms with E-state index in [2.05, 4.69) is 120 Å². The van der Waals surface area contributed by atoms with Gasteiger partial charge >= 0.3 is 0 Å². The Labute approximate surface area is 324 Å². The Morgan fingerprint density at radius 2 is 0.804 bits per heavy atom. The second-order valence-electron chi connectivity index (χ2n) is 14.2. The zero-order chi connectivity index (χ0) is 37.1. The van der Waals surface area contributed by atoms with Crippen LogP contribution in [0.15, 0.2) is 194 Å². The van der Waals surface area contributed by atoms with Crippen LogP contribution in [-0.2, 0) is 5.41 Å². The highest BCUT2D eigenvalue weighted by molar-refractivity contribution is 5.92. The van der Waals surface area contributed by atoms with Crippen LogP contribution in [0, 0.1) is 0 Å². The fourth-order valence-electron chi connectivity index (χ4n) is 8.57. The molecule has 1 aliphatic heterocycles. The van der Waals surface area contributed by atoms with Gasteiger partial charge in [0.1, 0.15) is 11.5 Å². The van der Waals surface area contributed by atoms with Crippen LogP contribution in [0.2, 0.25) is 0 Å². The first-order valence-electron chi connectivity index (χ1n) is 18.8. The van der Waals surface area contributed by atoms with E-state index in [0.29, 0.717) is 17.5 Å². The summed E-state index contributed by atoms with van der Waals surface area (Å²) in [5.41, 5.74) is 13.7. The number of aromatic nitrogens is 4. The number of rotatable bonds is 5. The summed E-state index contributed by atoms with van der Waals surface area (Å²) in [6.45, 7) is 0. The van der Waals surface area contributed by atoms with Gasteiger partial charge in [-0.15, -0.1) is 0 Å². The molecule has 1 spiro atoms. The predicted octanol–water partition coefficient (Wildman–Crippen LogP) is 12.1. The lowest BCUT2D eigenvalue weighted by atomic mass is 9.65. The molecule has 0 unspecified atom stereocenters. The van der Waals surface area contributed by atoms with Crippen LogP contribution in [0.5, 0.6) is 11.5 Å². The van der Waals surface area contributed by atoms with Gasteiger partial charge in [-0.2, -0.15) is 0 Å². The van der Waals surface area contributed by atoms with Gasteiger partial charge < -0.3 is 4.74 Å². The van der Waals surface area contributed by atoms with Crippen molar-refractivity contribution in [2.45, 2.75) is 5.41 Å². The van der Waals surface area contributed by atoms with Gasteiger partial charge in [-0.05, 0) is 80.9 Å². The highest BCUT2D eigenvalue weighted by atomic mass is 16.5. The molecule has 0 saturated carbocycles. The zero-order valence-electron chi connectivity index (χ0n) is 30.2. The van der Waals surface area contributed by atoms with E-state index in [1.165, 1.54) is 22.3 Å². The SMILES string of the molecule is c1ccc(-c2nc(-c3ccccc3)nc(-c3cccc(-c4ccc5c(c4)C4(c6ccccc6Oc6ccccc64)c4cc(-c6cccnc6)ccc4-5)c3)n2)cc1. The van der Waals surface area contributed by atoms with Crippen LogP contribution < -0.4 is 4.74 Å². The van der Waals surface area contributed by atoms with Gasteiger partial charge in [-0.3, -0.25) is 4.98 Å². The van der Waals surface area contributed by atoms with Crippen molar-refractivity contribution in [1.29, 1.82) is 0 Å². The molecule has 0 amide bonds. The molecule has 56 heavy (non-hydrogen) atoms. The first-order valence-corrected chi connectivity index (χ1v) is 18.8. The molecule has 7 aromatic carbocycles. The topological polar surface area (TPSA) is 60.8 Å². The van der Waals surface area contributed by atoms with Crippen molar-refractivity contribution in [3.05, 3.63) is 217 Å². The molecular formula is C51H32N4O. The summed E-state index contributed by atoms with van der Waals surface area (Å²) >= 11 is 0. The molecule has 2 aromatic heterocycles. The average molecular weight is 717 g/mol. The summed E-state index contributed by atoms with van der Waals surface area (Å²) < 4.78 is 6.64. The van der Waals surface area contributed by atoms with Crippen LogP contribution in [0.4, 0.5) is 0 Å². The monoisotopic (exact) mass is 716 g/mol. The maximum atomic E-state index is 6.64. The molecule has 11 rings (SSSR count). The van der Waals surface area contributed by atoms with Crippen LogP contribution >= 0.6 is 0 Å². The first-order chi connectivity index (χ1) is 27.7. The van der Waals surface area contributed by atoms with Crippen LogP contribution in [0.3, 0.4) is 0 Å². The van der Waals surface area contributed by atoms with Crippen LogP contribution in [-0.4, -0.2) is 19.9 Å². The molecule has 0 atom stereocenters. The molecule has 0 saturated heterocycles. The Bertz CT molecular complexity index is 2840. The van der Waals surface area contributed by atoms with Gasteiger partial charge in [0.05, 0.1) is 5.41 Å². The summed E-state index contributed by atoms with van der Waals surface area (Å²) in [7, 11) is 0. The zero-order valence-corrected chi connectivity index (χ0v) is 30.2. The Morgan fingerprint density at radius 1 is 0.339 bits per heavy atom. The molecule has 2 aliphatic rings. The number of hydrogen-bond acceptors (Lipinski definition) is 5. The molecular weight excluding hydrogens is 685 g/mol. The number of ether oxygens (including phenoxy) is 1. The third-order valence-corrected chi connectivity index (χ3v) is 11.1. The minimum atomic E-state index is -0.620. The Morgan fingerprint density at radius 3 is 1.38 bits per heavy atom. The summed E-state index contributed by atoms with van der Waals surface area (Å²) in [6, 6.07) is 63.6. The minimum absolute atomic E-state index is 0.620. The summed E-state index contributed by atoms with van der Waals surface area (Å²) in [6.07, 6.45) is 3.76. The maximum Gasteiger partial charge on any atom is 0.164 e. The van der Waals surface area contributed by atoms with Crippen molar-refractivity contribution >= 4 is 0 Å². The van der Waals surface area contributed by atoms with E-state index in [4.69, 9.17) is 19.7 Å². The minimum Gasteiger partial charge on any atom is -0.457 e. The summed E-state index contributed by atoms with van der Waals surface area (Å²) in [5, 5.41) is 0. The molecule has 262 valence electrons. The molecule has 9 aromatic rings. The smallest absolute Gasteiger partial charge is 0.164 e. The van der Waals surface area contributed by atoms with Crippen LogP contribution in [0.25, 0.3) is 67.5 Å². The maximum absolute atomic E-state index is 6.64. The van der Waals surface area contributed by atoms with E-state index >= 15 is 0 Å². The van der Waals surface area contributed by atoms with Gasteiger partial charge in [0.15, 0.2) is 17.5 Å². The van der Waals surface area contributed by atoms with E-state index in [1.807, 2.05) is 79.1 Å². The molecule has 5 heteroatoms. The van der Waals surface area contributed by atoms with E-state index in [9.17, 15) is 0 Å².